The van der Waals surface area contributed by atoms with Gasteiger partial charge in [-0.1, -0.05) is 31.5 Å². The number of ether oxygens (including phenoxy) is 1. The molecule has 0 saturated heterocycles. The van der Waals surface area contributed by atoms with Gasteiger partial charge >= 0.3 is 0 Å². The maximum atomic E-state index is 5.15. The predicted octanol–water partition coefficient (Wildman–Crippen LogP) is 4.79. The summed E-state index contributed by atoms with van der Waals surface area (Å²) in [5, 5.41) is 0. The number of aliphatic imine (C=N–C) groups is 1. The van der Waals surface area contributed by atoms with Gasteiger partial charge < -0.3 is 4.74 Å². The number of benzene rings is 2. The summed E-state index contributed by atoms with van der Waals surface area (Å²) < 4.78 is 5.15. The summed E-state index contributed by atoms with van der Waals surface area (Å²) in [5.41, 5.74) is 3.46. The topological polar surface area (TPSA) is 21.6 Å². The van der Waals surface area contributed by atoms with Crippen molar-refractivity contribution in [3.05, 3.63) is 59.7 Å². The molecule has 104 valence electrons. The average molecular weight is 267 g/mol. The Morgan fingerprint density at radius 2 is 1.80 bits per heavy atom. The summed E-state index contributed by atoms with van der Waals surface area (Å²) in [5.74, 6) is 0.866. The molecule has 0 N–H and O–H groups in total. The Bertz CT molecular complexity index is 558. The van der Waals surface area contributed by atoms with E-state index in [4.69, 9.17) is 4.74 Å². The molecule has 0 aliphatic heterocycles. The van der Waals surface area contributed by atoms with E-state index in [1.165, 1.54) is 18.4 Å². The number of rotatable bonds is 6. The molecule has 20 heavy (non-hydrogen) atoms. The average Bonchev–Trinajstić information content (AvgIpc) is 2.52. The van der Waals surface area contributed by atoms with E-state index in [0.717, 1.165) is 23.4 Å². The van der Waals surface area contributed by atoms with Crippen molar-refractivity contribution in [3.63, 3.8) is 0 Å². The normalized spacial score (nSPS) is 10.9. The molecule has 2 aromatic carbocycles. The highest BCUT2D eigenvalue weighted by molar-refractivity contribution is 5.82. The van der Waals surface area contributed by atoms with Crippen LogP contribution in [0.5, 0.6) is 5.75 Å². The largest absolute Gasteiger partial charge is 0.497 e. The highest BCUT2D eigenvalue weighted by Gasteiger charge is 1.99. The fourth-order valence-electron chi connectivity index (χ4n) is 2.05. The molecule has 0 bridgehead atoms. The van der Waals surface area contributed by atoms with Crippen LogP contribution in [-0.2, 0) is 6.42 Å². The number of nitrogens with zero attached hydrogens (tertiary/aromatic N) is 1. The van der Waals surface area contributed by atoms with Crippen molar-refractivity contribution in [2.24, 2.45) is 4.99 Å². The molecule has 2 heteroatoms. The summed E-state index contributed by atoms with van der Waals surface area (Å²) in [4.78, 5) is 4.62. The van der Waals surface area contributed by atoms with Gasteiger partial charge in [-0.15, -0.1) is 0 Å². The molecule has 0 aliphatic rings. The van der Waals surface area contributed by atoms with Gasteiger partial charge in [-0.2, -0.15) is 0 Å². The Balaban J connectivity index is 2.13. The van der Waals surface area contributed by atoms with Gasteiger partial charge in [0, 0.05) is 6.21 Å². The molecule has 0 aromatic heterocycles. The number of aryl methyl sites for hydroxylation is 1. The molecule has 0 saturated carbocycles. The minimum Gasteiger partial charge on any atom is -0.497 e. The van der Waals surface area contributed by atoms with Crippen LogP contribution < -0.4 is 4.74 Å². The second-order valence-corrected chi connectivity index (χ2v) is 4.76. The van der Waals surface area contributed by atoms with Crippen LogP contribution >= 0.6 is 0 Å². The fourth-order valence-corrected chi connectivity index (χ4v) is 2.05. The van der Waals surface area contributed by atoms with Gasteiger partial charge in [0.25, 0.3) is 0 Å². The van der Waals surface area contributed by atoms with E-state index in [9.17, 15) is 0 Å². The first kappa shape index (κ1) is 14.3. The van der Waals surface area contributed by atoms with Crippen molar-refractivity contribution < 1.29 is 4.74 Å². The molecule has 2 nitrogen and oxygen atoms in total. The summed E-state index contributed by atoms with van der Waals surface area (Å²) in [6.45, 7) is 2.21. The van der Waals surface area contributed by atoms with E-state index in [0.29, 0.717) is 0 Å². The Morgan fingerprint density at radius 3 is 2.50 bits per heavy atom. The number of para-hydroxylation sites is 1. The minimum atomic E-state index is 0.866. The predicted molar refractivity (Wildman–Crippen MR) is 85.3 cm³/mol. The molecule has 0 fully saturated rings. The van der Waals surface area contributed by atoms with E-state index < -0.39 is 0 Å². The Labute approximate surface area is 121 Å². The first-order valence-electron chi connectivity index (χ1n) is 7.09. The van der Waals surface area contributed by atoms with Gasteiger partial charge in [-0.25, -0.2) is 0 Å². The molecule has 2 aromatic rings. The highest BCUT2D eigenvalue weighted by Crippen LogP contribution is 2.21. The smallest absolute Gasteiger partial charge is 0.118 e. The zero-order valence-electron chi connectivity index (χ0n) is 12.2. The molecule has 0 radical (unpaired) electrons. The third kappa shape index (κ3) is 3.95. The van der Waals surface area contributed by atoms with Crippen LogP contribution in [-0.4, -0.2) is 13.3 Å². The molecule has 0 amide bonds. The van der Waals surface area contributed by atoms with Crippen molar-refractivity contribution in [1.82, 2.24) is 0 Å². The second-order valence-electron chi connectivity index (χ2n) is 4.76. The summed E-state index contributed by atoms with van der Waals surface area (Å²) in [7, 11) is 1.67. The standard InChI is InChI=1S/C18H21NO/c1-3-4-7-16-8-5-6-9-18(16)19-14-15-10-12-17(20-2)13-11-15/h5-6,8-14H,3-4,7H2,1-2H3/b19-14+. The van der Waals surface area contributed by atoms with E-state index in [2.05, 4.69) is 30.1 Å². The van der Waals surface area contributed by atoms with Crippen LogP contribution in [0, 0.1) is 0 Å². The summed E-state index contributed by atoms with van der Waals surface area (Å²) >= 11 is 0. The molecule has 0 heterocycles. The van der Waals surface area contributed by atoms with Crippen LogP contribution in [0.1, 0.15) is 30.9 Å². The monoisotopic (exact) mass is 267 g/mol. The molecule has 0 unspecified atom stereocenters. The third-order valence-electron chi connectivity index (χ3n) is 3.26. The number of methoxy groups -OCH3 is 1. The first-order chi connectivity index (χ1) is 9.83. The lowest BCUT2D eigenvalue weighted by atomic mass is 10.1. The van der Waals surface area contributed by atoms with Crippen molar-refractivity contribution >= 4 is 11.9 Å². The van der Waals surface area contributed by atoms with Gasteiger partial charge in [0.1, 0.15) is 5.75 Å². The zero-order chi connectivity index (χ0) is 14.2. The van der Waals surface area contributed by atoms with E-state index >= 15 is 0 Å². The molecule has 0 spiro atoms. The van der Waals surface area contributed by atoms with Crippen molar-refractivity contribution in [2.45, 2.75) is 26.2 Å². The van der Waals surface area contributed by atoms with Crippen LogP contribution in [0.4, 0.5) is 5.69 Å². The van der Waals surface area contributed by atoms with Gasteiger partial charge in [0.2, 0.25) is 0 Å². The third-order valence-corrected chi connectivity index (χ3v) is 3.26. The number of unbranched alkanes of at least 4 members (excludes halogenated alkanes) is 1. The lowest BCUT2D eigenvalue weighted by Crippen LogP contribution is -1.87. The molecule has 0 aliphatic carbocycles. The quantitative estimate of drug-likeness (QED) is 0.690. The van der Waals surface area contributed by atoms with Gasteiger partial charge in [-0.05, 0) is 54.3 Å². The Morgan fingerprint density at radius 1 is 1.05 bits per heavy atom. The Hall–Kier alpha value is -2.09. The van der Waals surface area contributed by atoms with Crippen molar-refractivity contribution in [3.8, 4) is 5.75 Å². The maximum absolute atomic E-state index is 5.15. The van der Waals surface area contributed by atoms with Crippen LogP contribution in [0.2, 0.25) is 0 Å². The summed E-state index contributed by atoms with van der Waals surface area (Å²) in [6, 6.07) is 16.3. The number of hydrogen-bond acceptors (Lipinski definition) is 2. The molecule has 2 rings (SSSR count). The first-order valence-corrected chi connectivity index (χ1v) is 7.09. The van der Waals surface area contributed by atoms with E-state index in [-0.39, 0.29) is 0 Å². The lowest BCUT2D eigenvalue weighted by molar-refractivity contribution is 0.415. The van der Waals surface area contributed by atoms with Crippen molar-refractivity contribution in [2.75, 3.05) is 7.11 Å². The van der Waals surface area contributed by atoms with Crippen LogP contribution in [0.15, 0.2) is 53.5 Å². The zero-order valence-corrected chi connectivity index (χ0v) is 12.2. The lowest BCUT2D eigenvalue weighted by Gasteiger charge is -2.04. The van der Waals surface area contributed by atoms with E-state index in [1.54, 1.807) is 7.11 Å². The second kappa shape index (κ2) is 7.49. The van der Waals surface area contributed by atoms with Gasteiger partial charge in [-0.3, -0.25) is 4.99 Å². The summed E-state index contributed by atoms with van der Waals surface area (Å²) in [6.07, 6.45) is 5.41. The highest BCUT2D eigenvalue weighted by atomic mass is 16.5. The van der Waals surface area contributed by atoms with E-state index in [1.807, 2.05) is 36.5 Å². The molecular formula is C18H21NO. The van der Waals surface area contributed by atoms with Gasteiger partial charge in [0.15, 0.2) is 0 Å². The Kier molecular flexibility index (Phi) is 5.36. The minimum absolute atomic E-state index is 0.866. The maximum Gasteiger partial charge on any atom is 0.118 e. The van der Waals surface area contributed by atoms with Gasteiger partial charge in [0.05, 0.1) is 12.8 Å². The molecular weight excluding hydrogens is 246 g/mol. The fraction of sp³-hybridized carbons (Fsp3) is 0.278. The number of hydrogen-bond donors (Lipinski definition) is 0. The van der Waals surface area contributed by atoms with Crippen LogP contribution in [0.25, 0.3) is 0 Å². The SMILES string of the molecule is CCCCc1ccccc1/N=C/c1ccc(OC)cc1. The molecule has 0 atom stereocenters. The van der Waals surface area contributed by atoms with Crippen molar-refractivity contribution in [1.29, 1.82) is 0 Å². The van der Waals surface area contributed by atoms with Crippen LogP contribution in [0.3, 0.4) is 0 Å².